The lowest BCUT2D eigenvalue weighted by Gasteiger charge is -2.23. The molecule has 0 unspecified atom stereocenters. The average Bonchev–Trinajstić information content (AvgIpc) is 4.02. The standard InChI is InChI=1S/C54H64N4S3/c1-9-11-13-15-17-25-31-37-38(32-26-18-16-14-12-10-2)40-34-42(53(3,4)5)60-52(40)51-39(37)33-41(59-51)43-47-49(44(54(6,7)8)50-48(43)57-61-58-50)56-46(36-29-23-20-24-30-36)45(55-47)35-27-21-19-22-28-35/h19-24,27-30,33-34H,9-18,25-26,31-32H2,1-8H3. The van der Waals surface area contributed by atoms with E-state index in [-0.39, 0.29) is 10.8 Å². The quantitative estimate of drug-likeness (QED) is 0.0856. The van der Waals surface area contributed by atoms with E-state index in [2.05, 4.69) is 128 Å². The highest BCUT2D eigenvalue weighted by Crippen LogP contribution is 2.51. The summed E-state index contributed by atoms with van der Waals surface area (Å²) in [5, 5.41) is 2.93. The van der Waals surface area contributed by atoms with E-state index in [4.69, 9.17) is 18.7 Å². The van der Waals surface area contributed by atoms with Gasteiger partial charge in [-0.3, -0.25) is 0 Å². The van der Waals surface area contributed by atoms with Crippen LogP contribution in [0.5, 0.6) is 0 Å². The molecule has 0 amide bonds. The van der Waals surface area contributed by atoms with E-state index in [1.54, 1.807) is 11.1 Å². The van der Waals surface area contributed by atoms with Crippen LogP contribution in [0.4, 0.5) is 0 Å². The van der Waals surface area contributed by atoms with E-state index < -0.39 is 0 Å². The molecular weight excluding hydrogens is 801 g/mol. The molecule has 0 aliphatic heterocycles. The van der Waals surface area contributed by atoms with Crippen molar-refractivity contribution in [2.45, 2.75) is 156 Å². The van der Waals surface area contributed by atoms with Crippen molar-refractivity contribution >= 4 is 76.6 Å². The number of unbranched alkanes of at least 4 members (excludes halogenated alkanes) is 10. The van der Waals surface area contributed by atoms with Crippen LogP contribution < -0.4 is 0 Å². The molecule has 318 valence electrons. The molecule has 61 heavy (non-hydrogen) atoms. The van der Waals surface area contributed by atoms with Gasteiger partial charge >= 0.3 is 0 Å². The number of rotatable bonds is 17. The second-order valence-corrected chi connectivity index (χ2v) is 21.9. The summed E-state index contributed by atoms with van der Waals surface area (Å²) in [4.78, 5) is 14.1. The van der Waals surface area contributed by atoms with E-state index in [1.807, 2.05) is 22.7 Å². The van der Waals surface area contributed by atoms with Crippen LogP contribution in [0.25, 0.3) is 75.2 Å². The van der Waals surface area contributed by atoms with Gasteiger partial charge in [0.05, 0.1) is 38.0 Å². The number of hydrogen-bond donors (Lipinski definition) is 0. The minimum absolute atomic E-state index is 0.0737. The fraction of sp³-hybridized carbons (Fsp3) is 0.444. The van der Waals surface area contributed by atoms with Crippen molar-refractivity contribution in [2.75, 3.05) is 0 Å². The third-order valence-electron chi connectivity index (χ3n) is 12.4. The van der Waals surface area contributed by atoms with Crippen LogP contribution in [-0.4, -0.2) is 18.7 Å². The van der Waals surface area contributed by atoms with E-state index >= 15 is 0 Å². The molecule has 0 spiro atoms. The van der Waals surface area contributed by atoms with Crippen LogP contribution in [0.2, 0.25) is 0 Å². The first-order valence-corrected chi connectivity index (χ1v) is 25.5. The summed E-state index contributed by atoms with van der Waals surface area (Å²) in [5.41, 5.74) is 12.8. The summed E-state index contributed by atoms with van der Waals surface area (Å²) in [6.07, 6.45) is 17.9. The number of aryl methyl sites for hydroxylation is 2. The normalized spacial score (nSPS) is 12.5. The van der Waals surface area contributed by atoms with Gasteiger partial charge in [0.25, 0.3) is 0 Å². The lowest BCUT2D eigenvalue weighted by molar-refractivity contribution is 0.599. The second-order valence-electron chi connectivity index (χ2n) is 19.3. The molecule has 0 bridgehead atoms. The summed E-state index contributed by atoms with van der Waals surface area (Å²) in [6.45, 7) is 18.6. The summed E-state index contributed by atoms with van der Waals surface area (Å²) in [7, 11) is 0. The van der Waals surface area contributed by atoms with Gasteiger partial charge in [-0.2, -0.15) is 8.75 Å². The number of benzene rings is 4. The van der Waals surface area contributed by atoms with Gasteiger partial charge in [0.1, 0.15) is 16.6 Å². The van der Waals surface area contributed by atoms with Gasteiger partial charge in [-0.15, -0.1) is 22.7 Å². The minimum atomic E-state index is -0.246. The lowest BCUT2D eigenvalue weighted by Crippen LogP contribution is -2.14. The third kappa shape index (κ3) is 9.08. The molecule has 0 saturated heterocycles. The Kier molecular flexibility index (Phi) is 13.4. The van der Waals surface area contributed by atoms with Crippen molar-refractivity contribution in [3.05, 3.63) is 94.4 Å². The predicted molar refractivity (Wildman–Crippen MR) is 269 cm³/mol. The van der Waals surface area contributed by atoms with Crippen molar-refractivity contribution in [1.29, 1.82) is 0 Å². The van der Waals surface area contributed by atoms with Crippen LogP contribution in [-0.2, 0) is 23.7 Å². The fourth-order valence-electron chi connectivity index (χ4n) is 9.18. The Morgan fingerprint density at radius 2 is 0.984 bits per heavy atom. The summed E-state index contributed by atoms with van der Waals surface area (Å²) in [5.74, 6) is 0. The zero-order chi connectivity index (χ0) is 42.7. The molecule has 7 heteroatoms. The topological polar surface area (TPSA) is 51.6 Å². The van der Waals surface area contributed by atoms with Gasteiger partial charge in [0.2, 0.25) is 0 Å². The van der Waals surface area contributed by atoms with Crippen LogP contribution in [0.1, 0.15) is 154 Å². The number of hydrogen-bond acceptors (Lipinski definition) is 7. The molecule has 8 rings (SSSR count). The third-order valence-corrected chi connectivity index (χ3v) is 15.8. The van der Waals surface area contributed by atoms with Gasteiger partial charge in [-0.05, 0) is 70.5 Å². The molecule has 0 saturated carbocycles. The molecule has 0 fully saturated rings. The molecule has 0 atom stereocenters. The Morgan fingerprint density at radius 3 is 1.52 bits per heavy atom. The lowest BCUT2D eigenvalue weighted by atomic mass is 9.83. The Morgan fingerprint density at radius 1 is 0.492 bits per heavy atom. The molecular formula is C54H64N4S3. The van der Waals surface area contributed by atoms with Crippen LogP contribution in [0, 0.1) is 0 Å². The van der Waals surface area contributed by atoms with Crippen LogP contribution >= 0.6 is 34.4 Å². The summed E-state index contributed by atoms with van der Waals surface area (Å²) in [6, 6.07) is 26.3. The molecule has 4 aromatic heterocycles. The van der Waals surface area contributed by atoms with Gasteiger partial charge < -0.3 is 0 Å². The summed E-state index contributed by atoms with van der Waals surface area (Å²) >= 11 is 5.28. The first kappa shape index (κ1) is 43.6. The Labute approximate surface area is 376 Å². The smallest absolute Gasteiger partial charge is 0.116 e. The maximum atomic E-state index is 5.75. The van der Waals surface area contributed by atoms with Crippen molar-refractivity contribution in [1.82, 2.24) is 18.7 Å². The summed E-state index contributed by atoms with van der Waals surface area (Å²) < 4.78 is 13.1. The first-order chi connectivity index (χ1) is 29.5. The molecule has 0 aliphatic carbocycles. The van der Waals surface area contributed by atoms with Gasteiger partial charge in [0, 0.05) is 32.0 Å². The van der Waals surface area contributed by atoms with Crippen molar-refractivity contribution in [2.24, 2.45) is 0 Å². The maximum Gasteiger partial charge on any atom is 0.116 e. The molecule has 0 aliphatic rings. The highest BCUT2D eigenvalue weighted by molar-refractivity contribution is 7.29. The van der Waals surface area contributed by atoms with Crippen molar-refractivity contribution < 1.29 is 0 Å². The zero-order valence-corrected chi connectivity index (χ0v) is 40.3. The van der Waals surface area contributed by atoms with E-state index in [0.29, 0.717) is 0 Å². The highest BCUT2D eigenvalue weighted by Gasteiger charge is 2.31. The van der Waals surface area contributed by atoms with Crippen molar-refractivity contribution in [3.8, 4) is 33.0 Å². The second kappa shape index (κ2) is 18.7. The maximum absolute atomic E-state index is 5.75. The van der Waals surface area contributed by atoms with Crippen LogP contribution in [0.15, 0.2) is 72.8 Å². The number of thiophene rings is 2. The van der Waals surface area contributed by atoms with Crippen LogP contribution in [0.3, 0.4) is 0 Å². The molecule has 0 N–H and O–H groups in total. The van der Waals surface area contributed by atoms with E-state index in [9.17, 15) is 0 Å². The molecule has 8 aromatic rings. The Hall–Kier alpha value is -4.04. The first-order valence-electron chi connectivity index (χ1n) is 23.1. The average molecular weight is 865 g/mol. The predicted octanol–water partition coefficient (Wildman–Crippen LogP) is 17.5. The van der Waals surface area contributed by atoms with Crippen molar-refractivity contribution in [3.63, 3.8) is 0 Å². The Balaban J connectivity index is 1.41. The molecule has 4 nitrogen and oxygen atoms in total. The monoisotopic (exact) mass is 864 g/mol. The molecule has 4 heterocycles. The SMILES string of the molecule is CCCCCCCCc1c(CCCCCCCC)c2cc(C(C)(C)C)sc2c2sc(-c3c4nsnc4c(C(C)(C)C)c4nc(-c5ccccc5)c(-c5ccccc5)nc34)cc12. The van der Waals surface area contributed by atoms with Gasteiger partial charge in [-0.1, -0.05) is 180 Å². The largest absolute Gasteiger partial charge is 0.243 e. The van der Waals surface area contributed by atoms with Gasteiger partial charge in [-0.25, -0.2) is 9.97 Å². The van der Waals surface area contributed by atoms with Gasteiger partial charge in [0.15, 0.2) is 0 Å². The number of nitrogens with zero attached hydrogens (tertiary/aromatic N) is 4. The van der Waals surface area contributed by atoms with E-state index in [0.717, 1.165) is 68.6 Å². The fourth-order valence-corrected chi connectivity index (χ4v) is 12.4. The Bertz CT molecular complexity index is 2740. The molecule has 0 radical (unpaired) electrons. The minimum Gasteiger partial charge on any atom is -0.243 e. The highest BCUT2D eigenvalue weighted by atomic mass is 32.1. The number of fused-ring (bicyclic) bond motifs is 5. The zero-order valence-electron chi connectivity index (χ0n) is 37.8. The molecule has 4 aromatic carbocycles. The van der Waals surface area contributed by atoms with E-state index in [1.165, 1.54) is 119 Å². The number of aromatic nitrogens is 4.